The summed E-state index contributed by atoms with van der Waals surface area (Å²) in [7, 11) is 0. The van der Waals surface area contributed by atoms with Crippen LogP contribution in [0.5, 0.6) is 0 Å². The summed E-state index contributed by atoms with van der Waals surface area (Å²) in [5, 5.41) is 19.5. The molecule has 0 aliphatic carbocycles. The number of pyridine rings is 1. The first-order valence-corrected chi connectivity index (χ1v) is 8.46. The average molecular weight is 358 g/mol. The topological polar surface area (TPSA) is 103 Å². The summed E-state index contributed by atoms with van der Waals surface area (Å²) in [6, 6.07) is 2.96. The van der Waals surface area contributed by atoms with Gasteiger partial charge in [0.1, 0.15) is 23.0 Å². The van der Waals surface area contributed by atoms with Crippen molar-refractivity contribution in [2.24, 2.45) is 4.99 Å². The number of carboxylic acids is 1. The molecule has 136 valence electrons. The number of hydrogen-bond donors (Lipinski definition) is 4. The number of carbonyl (C=O) groups is 1. The Kier molecular flexibility index (Phi) is 4.08. The van der Waals surface area contributed by atoms with Crippen LogP contribution in [0.1, 0.15) is 18.5 Å². The molecule has 26 heavy (non-hydrogen) atoms. The van der Waals surface area contributed by atoms with Crippen LogP contribution < -0.4 is 16.0 Å². The lowest BCUT2D eigenvalue weighted by Crippen LogP contribution is -2.54. The fourth-order valence-electron chi connectivity index (χ4n) is 3.34. The zero-order chi connectivity index (χ0) is 18.1. The van der Waals surface area contributed by atoms with Crippen molar-refractivity contribution < 1.29 is 14.3 Å². The zero-order valence-corrected chi connectivity index (χ0v) is 13.9. The van der Waals surface area contributed by atoms with E-state index in [9.17, 15) is 14.3 Å². The Labute approximate surface area is 148 Å². The molecule has 4 rings (SSSR count). The summed E-state index contributed by atoms with van der Waals surface area (Å²) >= 11 is 0. The van der Waals surface area contributed by atoms with Crippen molar-refractivity contribution in [3.63, 3.8) is 0 Å². The lowest BCUT2D eigenvalue weighted by molar-refractivity contribution is -0.145. The quantitative estimate of drug-likeness (QED) is 0.637. The second kappa shape index (κ2) is 6.41. The Hall–Kier alpha value is -2.94. The monoisotopic (exact) mass is 358 g/mol. The van der Waals surface area contributed by atoms with Gasteiger partial charge < -0.3 is 21.1 Å². The molecule has 9 heteroatoms. The van der Waals surface area contributed by atoms with Gasteiger partial charge in [0.2, 0.25) is 0 Å². The van der Waals surface area contributed by atoms with Gasteiger partial charge in [-0.05, 0) is 37.6 Å². The molecule has 2 aromatic rings. The largest absolute Gasteiger partial charge is 0.478 e. The maximum absolute atomic E-state index is 13.7. The van der Waals surface area contributed by atoms with Gasteiger partial charge in [-0.1, -0.05) is 0 Å². The summed E-state index contributed by atoms with van der Waals surface area (Å²) in [6.07, 6.45) is 7.79. The van der Waals surface area contributed by atoms with Crippen LogP contribution in [0.15, 0.2) is 41.4 Å². The smallest absolute Gasteiger partial charge is 0.359 e. The summed E-state index contributed by atoms with van der Waals surface area (Å²) in [5.74, 6) is -1.13. The molecule has 0 spiro atoms. The maximum Gasteiger partial charge on any atom is 0.359 e. The molecule has 1 saturated heterocycles. The number of carboxylic acid groups (broad SMARTS) is 1. The van der Waals surface area contributed by atoms with E-state index in [1.807, 2.05) is 0 Å². The second-order valence-electron chi connectivity index (χ2n) is 6.41. The van der Waals surface area contributed by atoms with Crippen LogP contribution in [0, 0.1) is 5.82 Å². The molecule has 2 aromatic heterocycles. The van der Waals surface area contributed by atoms with Crippen LogP contribution in [-0.4, -0.2) is 45.8 Å². The predicted molar refractivity (Wildman–Crippen MR) is 93.2 cm³/mol. The molecule has 0 saturated carbocycles. The summed E-state index contributed by atoms with van der Waals surface area (Å²) < 4.78 is 15.1. The van der Waals surface area contributed by atoms with E-state index in [0.717, 1.165) is 25.9 Å². The molecule has 8 nitrogen and oxygen atoms in total. The lowest BCUT2D eigenvalue weighted by Gasteiger charge is -2.33. The normalized spacial score (nSPS) is 25.6. The van der Waals surface area contributed by atoms with E-state index >= 15 is 0 Å². The second-order valence-corrected chi connectivity index (χ2v) is 6.41. The van der Waals surface area contributed by atoms with Gasteiger partial charge in [0.05, 0.1) is 6.20 Å². The van der Waals surface area contributed by atoms with Crippen LogP contribution in [0.4, 0.5) is 4.39 Å². The molecular formula is C17H19FN6O2. The van der Waals surface area contributed by atoms with Crippen molar-refractivity contribution in [2.45, 2.75) is 24.5 Å². The van der Waals surface area contributed by atoms with Gasteiger partial charge in [-0.3, -0.25) is 4.40 Å². The number of aromatic nitrogens is 2. The van der Waals surface area contributed by atoms with Gasteiger partial charge >= 0.3 is 5.97 Å². The number of aliphatic carboxylic acids is 1. The first kappa shape index (κ1) is 16.5. The van der Waals surface area contributed by atoms with Gasteiger partial charge in [-0.2, -0.15) is 0 Å². The number of nitrogens with one attached hydrogen (secondary N) is 3. The lowest BCUT2D eigenvalue weighted by atomic mass is 10.1. The summed E-state index contributed by atoms with van der Waals surface area (Å²) in [6.45, 7) is 1.79. The van der Waals surface area contributed by atoms with E-state index in [0.29, 0.717) is 11.5 Å². The highest BCUT2D eigenvalue weighted by atomic mass is 19.1. The summed E-state index contributed by atoms with van der Waals surface area (Å²) in [5.41, 5.74) is -1.11. The van der Waals surface area contributed by atoms with E-state index in [2.05, 4.69) is 25.9 Å². The third-order valence-corrected chi connectivity index (χ3v) is 4.63. The number of aliphatic imine (C=N–C) groups is 1. The molecule has 0 radical (unpaired) electrons. The predicted octanol–water partition coefficient (Wildman–Crippen LogP) is 0.568. The molecule has 1 fully saturated rings. The van der Waals surface area contributed by atoms with Crippen LogP contribution >= 0.6 is 0 Å². The Morgan fingerprint density at radius 1 is 1.46 bits per heavy atom. The highest BCUT2D eigenvalue weighted by Gasteiger charge is 2.44. The molecule has 0 amide bonds. The fourth-order valence-corrected chi connectivity index (χ4v) is 3.34. The number of piperidine rings is 1. The minimum absolute atomic E-state index is 0.195. The molecule has 4 N–H and O–H groups in total. The Morgan fingerprint density at radius 3 is 3.12 bits per heavy atom. The van der Waals surface area contributed by atoms with Gasteiger partial charge in [-0.15, -0.1) is 0 Å². The average Bonchev–Trinajstić information content (AvgIpc) is 3.06. The molecule has 2 aliphatic heterocycles. The number of hydrogen-bond acceptors (Lipinski definition) is 6. The maximum atomic E-state index is 13.7. The molecule has 4 heterocycles. The van der Waals surface area contributed by atoms with Gasteiger partial charge in [0, 0.05) is 25.0 Å². The van der Waals surface area contributed by atoms with Crippen LogP contribution in [0.3, 0.4) is 0 Å². The fraction of sp³-hybridized carbons (Fsp3) is 0.353. The van der Waals surface area contributed by atoms with Crippen molar-refractivity contribution in [1.82, 2.24) is 25.3 Å². The Bertz CT molecular complexity index is 902. The van der Waals surface area contributed by atoms with Crippen molar-refractivity contribution >= 4 is 17.8 Å². The number of halogens is 1. The number of nitrogens with zero attached hydrogens (tertiary/aromatic N) is 3. The zero-order valence-electron chi connectivity index (χ0n) is 13.9. The number of allylic oxidation sites excluding steroid dienone is 1. The van der Waals surface area contributed by atoms with E-state index in [4.69, 9.17) is 0 Å². The number of imidazole rings is 1. The highest BCUT2D eigenvalue weighted by Crippen LogP contribution is 2.27. The molecule has 0 bridgehead atoms. The standard InChI is InChI=1S/C17H19FN6O2/c18-11-3-4-15-20-9-13(24(15)10-11)17(16(25)26)21-7-5-14(23-17)22-12-2-1-6-19-8-12/h3-5,7,9-10,12,19,22-23H,1-2,6,8H2,(H,25,26)/t12?,17-/m0/s1. The van der Waals surface area contributed by atoms with Crippen molar-refractivity contribution in [2.75, 3.05) is 13.1 Å². The Morgan fingerprint density at radius 2 is 2.35 bits per heavy atom. The van der Waals surface area contributed by atoms with E-state index in [1.54, 1.807) is 6.08 Å². The van der Waals surface area contributed by atoms with E-state index in [1.165, 1.54) is 35.1 Å². The van der Waals surface area contributed by atoms with Gasteiger partial charge in [0.15, 0.2) is 0 Å². The van der Waals surface area contributed by atoms with Gasteiger partial charge in [0.25, 0.3) is 5.66 Å². The molecule has 2 atom stereocenters. The minimum Gasteiger partial charge on any atom is -0.478 e. The Balaban J connectivity index is 1.69. The van der Waals surface area contributed by atoms with E-state index < -0.39 is 17.4 Å². The van der Waals surface area contributed by atoms with Crippen LogP contribution in [0.2, 0.25) is 0 Å². The third kappa shape index (κ3) is 2.80. The summed E-state index contributed by atoms with van der Waals surface area (Å²) in [4.78, 5) is 20.5. The first-order valence-electron chi connectivity index (χ1n) is 8.46. The van der Waals surface area contributed by atoms with Crippen LogP contribution in [-0.2, 0) is 10.5 Å². The molecule has 1 unspecified atom stereocenters. The number of rotatable bonds is 4. The van der Waals surface area contributed by atoms with Crippen molar-refractivity contribution in [1.29, 1.82) is 0 Å². The molecule has 0 aromatic carbocycles. The van der Waals surface area contributed by atoms with Crippen LogP contribution in [0.25, 0.3) is 5.65 Å². The van der Waals surface area contributed by atoms with Crippen molar-refractivity contribution in [3.8, 4) is 0 Å². The van der Waals surface area contributed by atoms with E-state index in [-0.39, 0.29) is 11.7 Å². The highest BCUT2D eigenvalue weighted by molar-refractivity contribution is 5.86. The molecule has 2 aliphatic rings. The van der Waals surface area contributed by atoms with Gasteiger partial charge in [-0.25, -0.2) is 19.2 Å². The first-order chi connectivity index (χ1) is 12.6. The number of fused-ring (bicyclic) bond motifs is 1. The minimum atomic E-state index is -1.79. The SMILES string of the molecule is O=C(O)[C@@]1(c2cnc3ccc(F)cn23)N=CC=C(NC2CCCNC2)N1. The molecular weight excluding hydrogens is 339 g/mol. The van der Waals surface area contributed by atoms with Crippen molar-refractivity contribution in [3.05, 3.63) is 47.9 Å². The third-order valence-electron chi connectivity index (χ3n) is 4.63.